The van der Waals surface area contributed by atoms with E-state index in [2.05, 4.69) is 5.32 Å². The highest BCUT2D eigenvalue weighted by molar-refractivity contribution is 5.82. The predicted octanol–water partition coefficient (Wildman–Crippen LogP) is 0.353. The number of hydrogen-bond acceptors (Lipinski definition) is 5. The van der Waals surface area contributed by atoms with Gasteiger partial charge in [0.1, 0.15) is 5.75 Å². The lowest BCUT2D eigenvalue weighted by atomic mass is 10.2. The minimum Gasteiger partial charge on any atom is -0.483 e. The highest BCUT2D eigenvalue weighted by Crippen LogP contribution is 2.37. The van der Waals surface area contributed by atoms with Crippen molar-refractivity contribution in [1.82, 2.24) is 5.32 Å². The Balaban J connectivity index is 2.20. The van der Waals surface area contributed by atoms with Crippen molar-refractivity contribution < 1.29 is 23.8 Å². The first-order chi connectivity index (χ1) is 8.24. The average molecular weight is 237 g/mol. The van der Waals surface area contributed by atoms with E-state index < -0.39 is 0 Å². The number of fused-ring (bicyclic) bond motifs is 1. The number of aldehydes is 1. The molecule has 1 aromatic rings. The lowest BCUT2D eigenvalue weighted by Crippen LogP contribution is -2.25. The number of ether oxygens (including phenoxy) is 3. The summed E-state index contributed by atoms with van der Waals surface area (Å²) in [4.78, 5) is 21.9. The molecule has 0 radical (unpaired) electrons. The fourth-order valence-corrected chi connectivity index (χ4v) is 1.37. The van der Waals surface area contributed by atoms with Crippen LogP contribution in [0.4, 0.5) is 0 Å². The van der Waals surface area contributed by atoms with Gasteiger partial charge in [0.2, 0.25) is 6.79 Å². The molecular formula is C11H11NO5. The number of nitrogens with one attached hydrogen (secondary N) is 1. The second-order valence-corrected chi connectivity index (χ2v) is 3.32. The van der Waals surface area contributed by atoms with E-state index in [0.29, 0.717) is 29.1 Å². The summed E-state index contributed by atoms with van der Waals surface area (Å²) in [5.41, 5.74) is 0.318. The molecule has 0 spiro atoms. The van der Waals surface area contributed by atoms with Gasteiger partial charge in [-0.15, -0.1) is 0 Å². The Labute approximate surface area is 97.5 Å². The number of hydrogen-bond donors (Lipinski definition) is 1. The Hall–Kier alpha value is -2.24. The molecule has 90 valence electrons. The minimum atomic E-state index is -0.278. The predicted molar refractivity (Wildman–Crippen MR) is 57.5 cm³/mol. The molecule has 6 heteroatoms. The van der Waals surface area contributed by atoms with E-state index in [1.807, 2.05) is 0 Å². The van der Waals surface area contributed by atoms with Gasteiger partial charge in [-0.2, -0.15) is 0 Å². The van der Waals surface area contributed by atoms with Crippen LogP contribution in [0.15, 0.2) is 12.1 Å². The molecular weight excluding hydrogens is 226 g/mol. The molecule has 1 aliphatic rings. The fraction of sp³-hybridized carbons (Fsp3) is 0.273. The molecule has 0 saturated heterocycles. The summed E-state index contributed by atoms with van der Waals surface area (Å²) in [5.74, 6) is 1.02. The topological polar surface area (TPSA) is 73.9 Å². The Morgan fingerprint density at radius 2 is 2.18 bits per heavy atom. The maximum Gasteiger partial charge on any atom is 0.257 e. The number of amides is 1. The zero-order valence-electron chi connectivity index (χ0n) is 9.19. The van der Waals surface area contributed by atoms with Crippen molar-refractivity contribution in [3.05, 3.63) is 17.7 Å². The summed E-state index contributed by atoms with van der Waals surface area (Å²) in [6.45, 7) is -0.0382. The summed E-state index contributed by atoms with van der Waals surface area (Å²) in [6, 6.07) is 3.06. The standard InChI is InChI=1S/C11H11NO5/c1-12-11(14)5-15-8-3-10-9(16-6-17-10)2-7(8)4-13/h2-4H,5-6H2,1H3,(H,12,14). The highest BCUT2D eigenvalue weighted by Gasteiger charge is 2.18. The SMILES string of the molecule is CNC(=O)COc1cc2c(cc1C=O)OCO2. The van der Waals surface area contributed by atoms with Gasteiger partial charge in [0.15, 0.2) is 24.4 Å². The molecule has 0 atom stereocenters. The van der Waals surface area contributed by atoms with Crippen molar-refractivity contribution >= 4 is 12.2 Å². The summed E-state index contributed by atoms with van der Waals surface area (Å²) >= 11 is 0. The lowest BCUT2D eigenvalue weighted by Gasteiger charge is -2.08. The molecule has 1 aliphatic heterocycles. The minimum absolute atomic E-state index is 0.118. The van der Waals surface area contributed by atoms with Crippen molar-refractivity contribution in [2.24, 2.45) is 0 Å². The first kappa shape index (κ1) is 11.3. The second kappa shape index (κ2) is 4.73. The summed E-state index contributed by atoms with van der Waals surface area (Å²) in [5, 5.41) is 2.42. The molecule has 0 bridgehead atoms. The molecule has 1 N–H and O–H groups in total. The smallest absolute Gasteiger partial charge is 0.257 e. The van der Waals surface area contributed by atoms with Crippen LogP contribution in [-0.2, 0) is 4.79 Å². The maximum absolute atomic E-state index is 11.0. The van der Waals surface area contributed by atoms with Gasteiger partial charge in [-0.3, -0.25) is 9.59 Å². The molecule has 1 amide bonds. The van der Waals surface area contributed by atoms with Gasteiger partial charge in [-0.1, -0.05) is 0 Å². The third kappa shape index (κ3) is 2.30. The first-order valence-corrected chi connectivity index (χ1v) is 4.97. The van der Waals surface area contributed by atoms with Gasteiger partial charge in [0.05, 0.1) is 5.56 Å². The van der Waals surface area contributed by atoms with Crippen LogP contribution in [0.1, 0.15) is 10.4 Å². The molecule has 0 aliphatic carbocycles. The first-order valence-electron chi connectivity index (χ1n) is 4.97. The van der Waals surface area contributed by atoms with Gasteiger partial charge >= 0.3 is 0 Å². The van der Waals surface area contributed by atoms with Crippen LogP contribution in [0, 0.1) is 0 Å². The molecule has 0 unspecified atom stereocenters. The van der Waals surface area contributed by atoms with E-state index in [9.17, 15) is 9.59 Å². The van der Waals surface area contributed by atoms with Crippen LogP contribution < -0.4 is 19.5 Å². The Kier molecular flexibility index (Phi) is 3.13. The molecule has 0 aromatic heterocycles. The average Bonchev–Trinajstić information content (AvgIpc) is 2.81. The molecule has 0 saturated carbocycles. The quantitative estimate of drug-likeness (QED) is 0.765. The normalized spacial score (nSPS) is 12.1. The lowest BCUT2D eigenvalue weighted by molar-refractivity contribution is -0.122. The molecule has 1 heterocycles. The fourth-order valence-electron chi connectivity index (χ4n) is 1.37. The van der Waals surface area contributed by atoms with Gasteiger partial charge in [0, 0.05) is 13.1 Å². The third-order valence-electron chi connectivity index (χ3n) is 2.27. The zero-order chi connectivity index (χ0) is 12.3. The van der Waals surface area contributed by atoms with Crippen LogP contribution in [0.3, 0.4) is 0 Å². The van der Waals surface area contributed by atoms with E-state index in [1.165, 1.54) is 19.2 Å². The largest absolute Gasteiger partial charge is 0.483 e. The monoisotopic (exact) mass is 237 g/mol. The van der Waals surface area contributed by atoms with Crippen LogP contribution in [0.5, 0.6) is 17.2 Å². The van der Waals surface area contributed by atoms with Gasteiger partial charge in [0.25, 0.3) is 5.91 Å². The third-order valence-corrected chi connectivity index (χ3v) is 2.27. The highest BCUT2D eigenvalue weighted by atomic mass is 16.7. The summed E-state index contributed by atoms with van der Waals surface area (Å²) in [6.07, 6.45) is 0.640. The van der Waals surface area contributed by atoms with Gasteiger partial charge < -0.3 is 19.5 Å². The van der Waals surface area contributed by atoms with Crippen LogP contribution in [0.25, 0.3) is 0 Å². The number of likely N-dealkylation sites (N-methyl/N-ethyl adjacent to an activating group) is 1. The second-order valence-electron chi connectivity index (χ2n) is 3.32. The van der Waals surface area contributed by atoms with Gasteiger partial charge in [-0.25, -0.2) is 0 Å². The summed E-state index contributed by atoms with van der Waals surface area (Å²) < 4.78 is 15.5. The number of rotatable bonds is 4. The Bertz CT molecular complexity index is 457. The number of benzene rings is 1. The molecule has 0 fully saturated rings. The van der Waals surface area contributed by atoms with Crippen molar-refractivity contribution in [2.45, 2.75) is 0 Å². The van der Waals surface area contributed by atoms with E-state index in [-0.39, 0.29) is 19.3 Å². The van der Waals surface area contributed by atoms with Crippen molar-refractivity contribution in [1.29, 1.82) is 0 Å². The van der Waals surface area contributed by atoms with E-state index in [1.54, 1.807) is 0 Å². The molecule has 2 rings (SSSR count). The van der Waals surface area contributed by atoms with E-state index in [4.69, 9.17) is 14.2 Å². The molecule has 1 aromatic carbocycles. The Morgan fingerprint density at radius 3 is 2.82 bits per heavy atom. The number of carbonyl (C=O) groups is 2. The molecule has 6 nitrogen and oxygen atoms in total. The van der Waals surface area contributed by atoms with E-state index in [0.717, 1.165) is 0 Å². The van der Waals surface area contributed by atoms with Crippen LogP contribution >= 0.6 is 0 Å². The summed E-state index contributed by atoms with van der Waals surface area (Å²) in [7, 11) is 1.51. The zero-order valence-corrected chi connectivity index (χ0v) is 9.19. The van der Waals surface area contributed by atoms with Gasteiger partial charge in [-0.05, 0) is 6.07 Å². The van der Waals surface area contributed by atoms with Crippen molar-refractivity contribution in [2.75, 3.05) is 20.4 Å². The van der Waals surface area contributed by atoms with Crippen molar-refractivity contribution in [3.63, 3.8) is 0 Å². The Morgan fingerprint density at radius 1 is 1.47 bits per heavy atom. The van der Waals surface area contributed by atoms with E-state index >= 15 is 0 Å². The molecule has 17 heavy (non-hydrogen) atoms. The maximum atomic E-state index is 11.0. The van der Waals surface area contributed by atoms with Crippen LogP contribution in [-0.4, -0.2) is 32.6 Å². The van der Waals surface area contributed by atoms with Crippen LogP contribution in [0.2, 0.25) is 0 Å². The number of carbonyl (C=O) groups excluding carboxylic acids is 2. The van der Waals surface area contributed by atoms with Crippen molar-refractivity contribution in [3.8, 4) is 17.2 Å².